The smallest absolute Gasteiger partial charge is 0.255 e. The lowest BCUT2D eigenvalue weighted by Gasteiger charge is -2.43. The zero-order valence-electron chi connectivity index (χ0n) is 11.0. The van der Waals surface area contributed by atoms with E-state index in [0.717, 1.165) is 24.9 Å². The summed E-state index contributed by atoms with van der Waals surface area (Å²) in [7, 11) is 0. The quantitative estimate of drug-likeness (QED) is 0.866. The van der Waals surface area contributed by atoms with Crippen molar-refractivity contribution in [1.82, 2.24) is 10.2 Å². The van der Waals surface area contributed by atoms with Crippen molar-refractivity contribution in [1.29, 1.82) is 0 Å². The molecule has 1 amide bonds. The normalized spacial score (nSPS) is 30.2. The number of amides is 1. The molecule has 3 heteroatoms. The molecule has 18 heavy (non-hydrogen) atoms. The molecule has 3 nitrogen and oxygen atoms in total. The van der Waals surface area contributed by atoms with Gasteiger partial charge in [0.05, 0.1) is 6.04 Å². The Morgan fingerprint density at radius 2 is 2.06 bits per heavy atom. The van der Waals surface area contributed by atoms with Crippen LogP contribution in [0.1, 0.15) is 48.7 Å². The third kappa shape index (κ3) is 1.50. The van der Waals surface area contributed by atoms with Crippen molar-refractivity contribution in [2.45, 2.75) is 44.8 Å². The van der Waals surface area contributed by atoms with Gasteiger partial charge in [-0.05, 0) is 24.5 Å². The van der Waals surface area contributed by atoms with Gasteiger partial charge in [0, 0.05) is 24.2 Å². The molecule has 96 valence electrons. The van der Waals surface area contributed by atoms with E-state index in [1.165, 1.54) is 5.56 Å². The maximum absolute atomic E-state index is 12.6. The fraction of sp³-hybridized carbons (Fsp3) is 0.533. The molecule has 3 unspecified atom stereocenters. The number of hydrogen-bond acceptors (Lipinski definition) is 2. The van der Waals surface area contributed by atoms with Crippen LogP contribution in [0.25, 0.3) is 0 Å². The van der Waals surface area contributed by atoms with E-state index in [4.69, 9.17) is 0 Å². The van der Waals surface area contributed by atoms with Crippen LogP contribution >= 0.6 is 0 Å². The first-order chi connectivity index (χ1) is 8.77. The molecule has 1 aromatic carbocycles. The van der Waals surface area contributed by atoms with Crippen LogP contribution in [0.2, 0.25) is 0 Å². The topological polar surface area (TPSA) is 32.3 Å². The second-order valence-corrected chi connectivity index (χ2v) is 5.21. The van der Waals surface area contributed by atoms with Crippen molar-refractivity contribution in [2.24, 2.45) is 0 Å². The van der Waals surface area contributed by atoms with E-state index in [9.17, 15) is 4.79 Å². The van der Waals surface area contributed by atoms with Gasteiger partial charge in [-0.3, -0.25) is 4.79 Å². The van der Waals surface area contributed by atoms with Crippen LogP contribution in [-0.4, -0.2) is 29.4 Å². The molecule has 1 N–H and O–H groups in total. The number of rotatable bonds is 2. The summed E-state index contributed by atoms with van der Waals surface area (Å²) in [5.74, 6) is 0.224. The summed E-state index contributed by atoms with van der Waals surface area (Å²) in [5.41, 5.74) is 2.10. The second kappa shape index (κ2) is 4.39. The molecule has 1 aromatic rings. The minimum atomic E-state index is 0.224. The molecule has 0 saturated carbocycles. The molecule has 1 saturated heterocycles. The Hall–Kier alpha value is -1.35. The number of carbonyl (C=O) groups excluding carboxylic acids is 1. The Morgan fingerprint density at radius 3 is 2.78 bits per heavy atom. The highest BCUT2D eigenvalue weighted by atomic mass is 16.2. The van der Waals surface area contributed by atoms with Crippen LogP contribution in [0.15, 0.2) is 24.3 Å². The highest BCUT2D eigenvalue weighted by Crippen LogP contribution is 2.38. The van der Waals surface area contributed by atoms with Gasteiger partial charge in [-0.1, -0.05) is 32.0 Å². The average Bonchev–Trinajstić information content (AvgIpc) is 2.72. The summed E-state index contributed by atoms with van der Waals surface area (Å²) in [6.45, 7) is 5.25. The number of nitrogens with one attached hydrogen (secondary N) is 1. The molecule has 3 atom stereocenters. The monoisotopic (exact) mass is 244 g/mol. The third-order valence-electron chi connectivity index (χ3n) is 4.37. The zero-order chi connectivity index (χ0) is 12.7. The number of carbonyl (C=O) groups is 1. The molecule has 0 spiro atoms. The lowest BCUT2D eigenvalue weighted by molar-refractivity contribution is 0.0436. The first-order valence-corrected chi connectivity index (χ1v) is 6.92. The van der Waals surface area contributed by atoms with Gasteiger partial charge >= 0.3 is 0 Å². The first-order valence-electron chi connectivity index (χ1n) is 6.92. The van der Waals surface area contributed by atoms with Crippen LogP contribution < -0.4 is 5.32 Å². The van der Waals surface area contributed by atoms with Crippen molar-refractivity contribution < 1.29 is 4.79 Å². The summed E-state index contributed by atoms with van der Waals surface area (Å²) >= 11 is 0. The van der Waals surface area contributed by atoms with E-state index >= 15 is 0 Å². The highest BCUT2D eigenvalue weighted by Gasteiger charge is 2.44. The van der Waals surface area contributed by atoms with Gasteiger partial charge in [-0.2, -0.15) is 0 Å². The lowest BCUT2D eigenvalue weighted by Crippen LogP contribution is -2.58. The third-order valence-corrected chi connectivity index (χ3v) is 4.37. The maximum atomic E-state index is 12.6. The number of nitrogens with zero attached hydrogens (tertiary/aromatic N) is 1. The second-order valence-electron chi connectivity index (χ2n) is 5.21. The summed E-state index contributed by atoms with van der Waals surface area (Å²) in [6, 6.07) is 9.05. The molecule has 1 fully saturated rings. The first kappa shape index (κ1) is 11.7. The summed E-state index contributed by atoms with van der Waals surface area (Å²) in [6.07, 6.45) is 2.09. The van der Waals surface area contributed by atoms with Gasteiger partial charge in [0.2, 0.25) is 0 Å². The SMILES string of the molecule is CCC1NCC2c3ccccc3C(=O)N2C1CC. The fourth-order valence-corrected chi connectivity index (χ4v) is 3.49. The van der Waals surface area contributed by atoms with Crippen molar-refractivity contribution in [2.75, 3.05) is 6.54 Å². The van der Waals surface area contributed by atoms with Gasteiger partial charge in [0.1, 0.15) is 0 Å². The summed E-state index contributed by atoms with van der Waals surface area (Å²) in [4.78, 5) is 14.7. The number of benzene rings is 1. The van der Waals surface area contributed by atoms with E-state index in [2.05, 4.69) is 30.1 Å². The molecule has 2 aliphatic heterocycles. The molecule has 0 bridgehead atoms. The maximum Gasteiger partial charge on any atom is 0.255 e. The van der Waals surface area contributed by atoms with Gasteiger partial charge in [-0.15, -0.1) is 0 Å². The number of fused-ring (bicyclic) bond motifs is 3. The molecular formula is C15H20N2O. The molecule has 0 aromatic heterocycles. The standard InChI is InChI=1S/C15H20N2O/c1-3-12-13(4-2)17-14(9-16-12)10-7-5-6-8-11(10)15(17)18/h5-8,12-14,16H,3-4,9H2,1-2H3. The van der Waals surface area contributed by atoms with E-state index < -0.39 is 0 Å². The predicted octanol–water partition coefficient (Wildman–Crippen LogP) is 2.34. The molecule has 2 heterocycles. The molecule has 0 aliphatic carbocycles. The Bertz CT molecular complexity index is 471. The van der Waals surface area contributed by atoms with Crippen LogP contribution in [0.4, 0.5) is 0 Å². The molecular weight excluding hydrogens is 224 g/mol. The Kier molecular flexibility index (Phi) is 2.86. The van der Waals surface area contributed by atoms with E-state index in [1.54, 1.807) is 0 Å². The van der Waals surface area contributed by atoms with Crippen LogP contribution in [-0.2, 0) is 0 Å². The highest BCUT2D eigenvalue weighted by molar-refractivity contribution is 5.99. The largest absolute Gasteiger partial charge is 0.326 e. The molecule has 2 aliphatic rings. The van der Waals surface area contributed by atoms with Crippen LogP contribution in [0, 0.1) is 0 Å². The summed E-state index contributed by atoms with van der Waals surface area (Å²) < 4.78 is 0. The minimum Gasteiger partial charge on any atom is -0.326 e. The fourth-order valence-electron chi connectivity index (χ4n) is 3.49. The van der Waals surface area contributed by atoms with E-state index in [-0.39, 0.29) is 11.9 Å². The van der Waals surface area contributed by atoms with Gasteiger partial charge < -0.3 is 10.2 Å². The lowest BCUT2D eigenvalue weighted by atomic mass is 9.95. The van der Waals surface area contributed by atoms with Crippen LogP contribution in [0.5, 0.6) is 0 Å². The predicted molar refractivity (Wildman–Crippen MR) is 71.5 cm³/mol. The van der Waals surface area contributed by atoms with Crippen molar-refractivity contribution in [3.63, 3.8) is 0 Å². The average molecular weight is 244 g/mol. The summed E-state index contributed by atoms with van der Waals surface area (Å²) in [5, 5.41) is 3.61. The minimum absolute atomic E-state index is 0.224. The number of hydrogen-bond donors (Lipinski definition) is 1. The van der Waals surface area contributed by atoms with Gasteiger partial charge in [0.15, 0.2) is 0 Å². The van der Waals surface area contributed by atoms with Gasteiger partial charge in [0.25, 0.3) is 5.91 Å². The van der Waals surface area contributed by atoms with Gasteiger partial charge in [-0.25, -0.2) is 0 Å². The van der Waals surface area contributed by atoms with Crippen LogP contribution in [0.3, 0.4) is 0 Å². The van der Waals surface area contributed by atoms with Crippen molar-refractivity contribution in [3.8, 4) is 0 Å². The van der Waals surface area contributed by atoms with Crippen molar-refractivity contribution in [3.05, 3.63) is 35.4 Å². The van der Waals surface area contributed by atoms with E-state index in [1.807, 2.05) is 18.2 Å². The Morgan fingerprint density at radius 1 is 1.28 bits per heavy atom. The van der Waals surface area contributed by atoms with Crippen molar-refractivity contribution >= 4 is 5.91 Å². The molecule has 0 radical (unpaired) electrons. The Balaban J connectivity index is 2.01. The molecule has 3 rings (SSSR count). The zero-order valence-corrected chi connectivity index (χ0v) is 11.0. The number of piperazine rings is 1. The Labute approximate surface area is 108 Å². The van der Waals surface area contributed by atoms with E-state index in [0.29, 0.717) is 12.1 Å².